The van der Waals surface area contributed by atoms with Gasteiger partial charge in [-0.2, -0.15) is 5.26 Å². The van der Waals surface area contributed by atoms with Crippen molar-refractivity contribution in [2.45, 2.75) is 6.92 Å². The Labute approximate surface area is 65.2 Å². The van der Waals surface area contributed by atoms with E-state index >= 15 is 0 Å². The minimum atomic E-state index is 0.380. The van der Waals surface area contributed by atoms with Crippen molar-refractivity contribution >= 4 is 11.4 Å². The zero-order valence-corrected chi connectivity index (χ0v) is 6.26. The average molecular weight is 147 g/mol. The van der Waals surface area contributed by atoms with Crippen molar-refractivity contribution < 1.29 is 0 Å². The molecule has 0 bridgehead atoms. The molecular weight excluding hydrogens is 138 g/mol. The minimum absolute atomic E-state index is 0.380. The molecule has 0 aromatic heterocycles. The van der Waals surface area contributed by atoms with Gasteiger partial charge in [-0.25, -0.2) is 0 Å². The molecule has 0 fully saturated rings. The van der Waals surface area contributed by atoms with E-state index in [1.165, 1.54) is 0 Å². The number of nitrogens with zero attached hydrogens (tertiary/aromatic N) is 1. The highest BCUT2D eigenvalue weighted by molar-refractivity contribution is 5.70. The van der Waals surface area contributed by atoms with Crippen LogP contribution in [0.15, 0.2) is 12.1 Å². The highest BCUT2D eigenvalue weighted by Crippen LogP contribution is 2.21. The van der Waals surface area contributed by atoms with Crippen LogP contribution in [0.2, 0.25) is 0 Å². The first-order chi connectivity index (χ1) is 5.16. The summed E-state index contributed by atoms with van der Waals surface area (Å²) >= 11 is 0. The molecule has 0 saturated heterocycles. The third kappa shape index (κ3) is 1.10. The van der Waals surface area contributed by atoms with Gasteiger partial charge in [0.2, 0.25) is 0 Å². The van der Waals surface area contributed by atoms with Crippen molar-refractivity contribution in [2.24, 2.45) is 0 Å². The van der Waals surface area contributed by atoms with E-state index in [1.807, 2.05) is 13.0 Å². The Morgan fingerprint density at radius 1 is 1.36 bits per heavy atom. The number of anilines is 2. The molecule has 1 rings (SSSR count). The quantitative estimate of drug-likeness (QED) is 0.538. The monoisotopic (exact) mass is 147 g/mol. The first kappa shape index (κ1) is 7.42. The van der Waals surface area contributed by atoms with E-state index in [0.717, 1.165) is 5.56 Å². The van der Waals surface area contributed by atoms with Gasteiger partial charge in [-0.1, -0.05) is 6.07 Å². The highest BCUT2D eigenvalue weighted by Gasteiger charge is 2.03. The van der Waals surface area contributed by atoms with Gasteiger partial charge in [0.25, 0.3) is 0 Å². The summed E-state index contributed by atoms with van der Waals surface area (Å²) in [5.41, 5.74) is 13.3. The predicted molar refractivity (Wildman–Crippen MR) is 44.7 cm³/mol. The van der Waals surface area contributed by atoms with E-state index < -0.39 is 0 Å². The lowest BCUT2D eigenvalue weighted by atomic mass is 10.1. The summed E-state index contributed by atoms with van der Waals surface area (Å²) in [5, 5.41) is 8.61. The Kier molecular flexibility index (Phi) is 1.69. The van der Waals surface area contributed by atoms with Gasteiger partial charge in [-0.15, -0.1) is 0 Å². The third-order valence-electron chi connectivity index (χ3n) is 1.61. The molecule has 4 N–H and O–H groups in total. The van der Waals surface area contributed by atoms with Gasteiger partial charge in [0.1, 0.15) is 6.07 Å². The fraction of sp³-hybridized carbons (Fsp3) is 0.125. The SMILES string of the molecule is Cc1ccc(N)c(C#N)c1N. The zero-order valence-electron chi connectivity index (χ0n) is 6.26. The normalized spacial score (nSPS) is 9.09. The molecule has 1 aromatic carbocycles. The molecule has 0 unspecified atom stereocenters. The Morgan fingerprint density at radius 3 is 2.45 bits per heavy atom. The first-order valence-electron chi connectivity index (χ1n) is 3.21. The molecule has 11 heavy (non-hydrogen) atoms. The largest absolute Gasteiger partial charge is 0.398 e. The third-order valence-corrected chi connectivity index (χ3v) is 1.61. The summed E-state index contributed by atoms with van der Waals surface area (Å²) in [6, 6.07) is 5.44. The second kappa shape index (κ2) is 2.51. The molecular formula is C8H9N3. The lowest BCUT2D eigenvalue weighted by molar-refractivity contribution is 1.42. The van der Waals surface area contributed by atoms with E-state index in [1.54, 1.807) is 12.1 Å². The second-order valence-corrected chi connectivity index (χ2v) is 2.37. The second-order valence-electron chi connectivity index (χ2n) is 2.37. The molecule has 0 aliphatic rings. The first-order valence-corrected chi connectivity index (χ1v) is 3.21. The van der Waals surface area contributed by atoms with Crippen LogP contribution < -0.4 is 11.5 Å². The number of hydrogen-bond donors (Lipinski definition) is 2. The molecule has 0 radical (unpaired) electrons. The van der Waals surface area contributed by atoms with Crippen molar-refractivity contribution in [1.82, 2.24) is 0 Å². The number of rotatable bonds is 0. The molecule has 1 aromatic rings. The van der Waals surface area contributed by atoms with Crippen LogP contribution in [-0.4, -0.2) is 0 Å². The molecule has 0 aliphatic carbocycles. The topological polar surface area (TPSA) is 75.8 Å². The molecule has 0 atom stereocenters. The van der Waals surface area contributed by atoms with Crippen molar-refractivity contribution in [3.8, 4) is 6.07 Å². The Morgan fingerprint density at radius 2 is 2.00 bits per heavy atom. The van der Waals surface area contributed by atoms with Crippen molar-refractivity contribution in [3.05, 3.63) is 23.3 Å². The van der Waals surface area contributed by atoms with Gasteiger partial charge in [-0.05, 0) is 18.6 Å². The van der Waals surface area contributed by atoms with E-state index in [9.17, 15) is 0 Å². The van der Waals surface area contributed by atoms with Crippen LogP contribution in [0, 0.1) is 18.3 Å². The van der Waals surface area contributed by atoms with E-state index in [0.29, 0.717) is 16.9 Å². The molecule has 0 heterocycles. The van der Waals surface area contributed by atoms with E-state index in [2.05, 4.69) is 0 Å². The number of hydrogen-bond acceptors (Lipinski definition) is 3. The van der Waals surface area contributed by atoms with Crippen LogP contribution in [0.25, 0.3) is 0 Å². The Bertz CT molecular complexity index is 323. The van der Waals surface area contributed by atoms with Crippen LogP contribution in [0.4, 0.5) is 11.4 Å². The van der Waals surface area contributed by atoms with Gasteiger partial charge in [-0.3, -0.25) is 0 Å². The number of nitriles is 1. The molecule has 0 amide bonds. The van der Waals surface area contributed by atoms with Crippen molar-refractivity contribution in [1.29, 1.82) is 5.26 Å². The van der Waals surface area contributed by atoms with Gasteiger partial charge >= 0.3 is 0 Å². The summed E-state index contributed by atoms with van der Waals surface area (Å²) in [6.07, 6.45) is 0. The molecule has 0 saturated carbocycles. The zero-order chi connectivity index (χ0) is 8.43. The number of nitrogens with two attached hydrogens (primary N) is 2. The summed E-state index contributed by atoms with van der Waals surface area (Å²) in [6.45, 7) is 1.84. The average Bonchev–Trinajstić information content (AvgIpc) is 1.99. The van der Waals surface area contributed by atoms with E-state index in [4.69, 9.17) is 16.7 Å². The molecule has 0 aliphatic heterocycles. The standard InChI is InChI=1S/C8H9N3/c1-5-2-3-7(10)6(4-9)8(5)11/h2-3H,10-11H2,1H3. The lowest BCUT2D eigenvalue weighted by Crippen LogP contribution is -1.98. The molecule has 56 valence electrons. The Hall–Kier alpha value is -1.69. The maximum Gasteiger partial charge on any atom is 0.103 e. The summed E-state index contributed by atoms with van der Waals surface area (Å²) in [4.78, 5) is 0. The number of nitrogen functional groups attached to an aromatic ring is 2. The van der Waals surface area contributed by atoms with Crippen LogP contribution in [0.1, 0.15) is 11.1 Å². The van der Waals surface area contributed by atoms with Gasteiger partial charge in [0.15, 0.2) is 0 Å². The van der Waals surface area contributed by atoms with Crippen molar-refractivity contribution in [2.75, 3.05) is 11.5 Å². The maximum atomic E-state index is 8.61. The summed E-state index contributed by atoms with van der Waals surface area (Å²) in [5.74, 6) is 0. The maximum absolute atomic E-state index is 8.61. The summed E-state index contributed by atoms with van der Waals surface area (Å²) < 4.78 is 0. The van der Waals surface area contributed by atoms with Crippen LogP contribution in [0.5, 0.6) is 0 Å². The highest BCUT2D eigenvalue weighted by atomic mass is 14.6. The molecule has 0 spiro atoms. The Balaban J connectivity index is 3.44. The molecule has 3 nitrogen and oxygen atoms in total. The fourth-order valence-electron chi connectivity index (χ4n) is 0.865. The fourth-order valence-corrected chi connectivity index (χ4v) is 0.865. The van der Waals surface area contributed by atoms with Gasteiger partial charge in [0.05, 0.1) is 16.9 Å². The number of aryl methyl sites for hydroxylation is 1. The molecule has 3 heteroatoms. The van der Waals surface area contributed by atoms with Crippen molar-refractivity contribution in [3.63, 3.8) is 0 Å². The minimum Gasteiger partial charge on any atom is -0.398 e. The number of benzene rings is 1. The van der Waals surface area contributed by atoms with Gasteiger partial charge in [0, 0.05) is 0 Å². The van der Waals surface area contributed by atoms with Crippen LogP contribution >= 0.6 is 0 Å². The van der Waals surface area contributed by atoms with Gasteiger partial charge < -0.3 is 11.5 Å². The predicted octanol–water partition coefficient (Wildman–Crippen LogP) is 1.03. The van der Waals surface area contributed by atoms with E-state index in [-0.39, 0.29) is 0 Å². The lowest BCUT2D eigenvalue weighted by Gasteiger charge is -2.03. The van der Waals surface area contributed by atoms with Crippen LogP contribution in [-0.2, 0) is 0 Å². The van der Waals surface area contributed by atoms with Crippen LogP contribution in [0.3, 0.4) is 0 Å². The smallest absolute Gasteiger partial charge is 0.103 e. The summed E-state index contributed by atoms with van der Waals surface area (Å²) in [7, 11) is 0.